The summed E-state index contributed by atoms with van der Waals surface area (Å²) in [5.74, 6) is 1.63. The maximum atomic E-state index is 5.32. The van der Waals surface area contributed by atoms with E-state index in [2.05, 4.69) is 39.9 Å². The van der Waals surface area contributed by atoms with Gasteiger partial charge in [0.25, 0.3) is 0 Å². The lowest BCUT2D eigenvalue weighted by atomic mass is 9.90. The van der Waals surface area contributed by atoms with Crippen LogP contribution in [-0.4, -0.2) is 25.8 Å². The van der Waals surface area contributed by atoms with Gasteiger partial charge in [-0.05, 0) is 51.0 Å². The predicted octanol–water partition coefficient (Wildman–Crippen LogP) is 3.85. The molecule has 0 aromatic rings. The standard InChI is InChI=1S/C15H33NO/c1-7-16-15(9-8-14(5)17-6)11-13(4)10-12(2)3/h12-16H,7-11H2,1-6H3. The van der Waals surface area contributed by atoms with Crippen molar-refractivity contribution in [2.45, 2.75) is 72.4 Å². The van der Waals surface area contributed by atoms with E-state index < -0.39 is 0 Å². The van der Waals surface area contributed by atoms with Gasteiger partial charge in [-0.15, -0.1) is 0 Å². The third-order valence-electron chi connectivity index (χ3n) is 3.38. The lowest BCUT2D eigenvalue weighted by Gasteiger charge is -2.24. The molecular formula is C15H33NO. The highest BCUT2D eigenvalue weighted by molar-refractivity contribution is 4.71. The highest BCUT2D eigenvalue weighted by Gasteiger charge is 2.14. The van der Waals surface area contributed by atoms with Crippen LogP contribution >= 0.6 is 0 Å². The number of hydrogen-bond donors (Lipinski definition) is 1. The Labute approximate surface area is 109 Å². The first-order valence-corrected chi connectivity index (χ1v) is 7.25. The average molecular weight is 243 g/mol. The molecule has 3 unspecified atom stereocenters. The monoisotopic (exact) mass is 243 g/mol. The first-order chi connectivity index (χ1) is 7.99. The number of nitrogens with one attached hydrogen (secondary N) is 1. The van der Waals surface area contributed by atoms with Gasteiger partial charge in [0.05, 0.1) is 6.10 Å². The minimum atomic E-state index is 0.386. The Morgan fingerprint density at radius 1 is 1.00 bits per heavy atom. The summed E-state index contributed by atoms with van der Waals surface area (Å²) in [6.07, 6.45) is 5.40. The highest BCUT2D eigenvalue weighted by atomic mass is 16.5. The van der Waals surface area contributed by atoms with Gasteiger partial charge in [-0.2, -0.15) is 0 Å². The maximum absolute atomic E-state index is 5.32. The van der Waals surface area contributed by atoms with E-state index in [1.165, 1.54) is 19.3 Å². The SMILES string of the molecule is CCNC(CCC(C)OC)CC(C)CC(C)C. The molecular weight excluding hydrogens is 210 g/mol. The molecule has 0 saturated carbocycles. The lowest BCUT2D eigenvalue weighted by Crippen LogP contribution is -2.31. The predicted molar refractivity (Wildman–Crippen MR) is 76.4 cm³/mol. The van der Waals surface area contributed by atoms with E-state index in [0.29, 0.717) is 12.1 Å². The third kappa shape index (κ3) is 9.61. The number of methoxy groups -OCH3 is 1. The van der Waals surface area contributed by atoms with Crippen LogP contribution in [0.4, 0.5) is 0 Å². The molecule has 0 aliphatic carbocycles. The van der Waals surface area contributed by atoms with E-state index in [0.717, 1.165) is 24.8 Å². The number of ether oxygens (including phenoxy) is 1. The van der Waals surface area contributed by atoms with E-state index >= 15 is 0 Å². The Morgan fingerprint density at radius 3 is 2.12 bits per heavy atom. The van der Waals surface area contributed by atoms with E-state index in [-0.39, 0.29) is 0 Å². The summed E-state index contributed by atoms with van der Waals surface area (Å²) in [5.41, 5.74) is 0. The smallest absolute Gasteiger partial charge is 0.0543 e. The Morgan fingerprint density at radius 2 is 1.65 bits per heavy atom. The third-order valence-corrected chi connectivity index (χ3v) is 3.38. The summed E-state index contributed by atoms with van der Waals surface area (Å²) in [7, 11) is 1.80. The minimum absolute atomic E-state index is 0.386. The Balaban J connectivity index is 3.95. The molecule has 0 saturated heterocycles. The second-order valence-corrected chi connectivity index (χ2v) is 5.85. The van der Waals surface area contributed by atoms with E-state index in [1.807, 2.05) is 0 Å². The summed E-state index contributed by atoms with van der Waals surface area (Å²) in [6, 6.07) is 0.659. The van der Waals surface area contributed by atoms with Gasteiger partial charge in [0.15, 0.2) is 0 Å². The van der Waals surface area contributed by atoms with Crippen molar-refractivity contribution >= 4 is 0 Å². The lowest BCUT2D eigenvalue weighted by molar-refractivity contribution is 0.105. The molecule has 0 aliphatic heterocycles. The van der Waals surface area contributed by atoms with Gasteiger partial charge in [-0.1, -0.05) is 27.7 Å². The number of rotatable bonds is 10. The molecule has 0 heterocycles. The molecule has 0 spiro atoms. The first kappa shape index (κ1) is 16.9. The van der Waals surface area contributed by atoms with Crippen molar-refractivity contribution < 1.29 is 4.74 Å². The van der Waals surface area contributed by atoms with Gasteiger partial charge in [-0.3, -0.25) is 0 Å². The molecule has 3 atom stereocenters. The molecule has 0 radical (unpaired) electrons. The van der Waals surface area contributed by atoms with Gasteiger partial charge in [0, 0.05) is 13.2 Å². The van der Waals surface area contributed by atoms with Crippen molar-refractivity contribution in [2.24, 2.45) is 11.8 Å². The average Bonchev–Trinajstić information content (AvgIpc) is 2.24. The molecule has 0 bridgehead atoms. The van der Waals surface area contributed by atoms with Crippen molar-refractivity contribution in [3.8, 4) is 0 Å². The van der Waals surface area contributed by atoms with Crippen LogP contribution in [0.2, 0.25) is 0 Å². The van der Waals surface area contributed by atoms with E-state index in [1.54, 1.807) is 7.11 Å². The molecule has 0 fully saturated rings. The van der Waals surface area contributed by atoms with Crippen LogP contribution in [0.5, 0.6) is 0 Å². The van der Waals surface area contributed by atoms with Crippen molar-refractivity contribution in [3.05, 3.63) is 0 Å². The molecule has 1 N–H and O–H groups in total. The normalized spacial score (nSPS) is 17.1. The number of hydrogen-bond acceptors (Lipinski definition) is 2. The minimum Gasteiger partial charge on any atom is -0.382 e. The zero-order chi connectivity index (χ0) is 13.3. The van der Waals surface area contributed by atoms with Gasteiger partial charge in [-0.25, -0.2) is 0 Å². The molecule has 104 valence electrons. The van der Waals surface area contributed by atoms with Gasteiger partial charge in [0.2, 0.25) is 0 Å². The molecule has 0 aromatic heterocycles. The summed E-state index contributed by atoms with van der Waals surface area (Å²) in [4.78, 5) is 0. The molecule has 0 rings (SSSR count). The Hall–Kier alpha value is -0.0800. The fourth-order valence-electron chi connectivity index (χ4n) is 2.53. The van der Waals surface area contributed by atoms with Crippen LogP contribution in [0.25, 0.3) is 0 Å². The van der Waals surface area contributed by atoms with E-state index in [4.69, 9.17) is 4.74 Å². The molecule has 0 aromatic carbocycles. The quantitative estimate of drug-likeness (QED) is 0.629. The van der Waals surface area contributed by atoms with Crippen LogP contribution in [0.3, 0.4) is 0 Å². The van der Waals surface area contributed by atoms with E-state index in [9.17, 15) is 0 Å². The van der Waals surface area contributed by atoms with Crippen LogP contribution in [0, 0.1) is 11.8 Å². The van der Waals surface area contributed by atoms with Crippen LogP contribution in [0.1, 0.15) is 60.3 Å². The largest absolute Gasteiger partial charge is 0.382 e. The summed E-state index contributed by atoms with van der Waals surface area (Å²) in [5, 5.41) is 3.61. The maximum Gasteiger partial charge on any atom is 0.0543 e. The van der Waals surface area contributed by atoms with Crippen molar-refractivity contribution in [2.75, 3.05) is 13.7 Å². The summed E-state index contributed by atoms with van der Waals surface area (Å²) >= 11 is 0. The Bertz CT molecular complexity index is 170. The van der Waals surface area contributed by atoms with Gasteiger partial charge >= 0.3 is 0 Å². The molecule has 0 amide bonds. The highest BCUT2D eigenvalue weighted by Crippen LogP contribution is 2.19. The molecule has 2 heteroatoms. The zero-order valence-corrected chi connectivity index (χ0v) is 12.8. The fraction of sp³-hybridized carbons (Fsp3) is 1.00. The first-order valence-electron chi connectivity index (χ1n) is 7.25. The van der Waals surface area contributed by atoms with Crippen molar-refractivity contribution in [1.29, 1.82) is 0 Å². The zero-order valence-electron chi connectivity index (χ0n) is 12.8. The summed E-state index contributed by atoms with van der Waals surface area (Å²) in [6.45, 7) is 12.4. The van der Waals surface area contributed by atoms with Gasteiger partial charge in [0.1, 0.15) is 0 Å². The van der Waals surface area contributed by atoms with Crippen LogP contribution in [0.15, 0.2) is 0 Å². The van der Waals surface area contributed by atoms with Crippen LogP contribution in [-0.2, 0) is 4.74 Å². The second kappa shape index (κ2) is 9.90. The van der Waals surface area contributed by atoms with Crippen molar-refractivity contribution in [3.63, 3.8) is 0 Å². The molecule has 0 aliphatic rings. The van der Waals surface area contributed by atoms with Gasteiger partial charge < -0.3 is 10.1 Å². The second-order valence-electron chi connectivity index (χ2n) is 5.85. The van der Waals surface area contributed by atoms with Crippen molar-refractivity contribution in [1.82, 2.24) is 5.32 Å². The van der Waals surface area contributed by atoms with Crippen LogP contribution < -0.4 is 5.32 Å². The topological polar surface area (TPSA) is 21.3 Å². The fourth-order valence-corrected chi connectivity index (χ4v) is 2.53. The summed E-state index contributed by atoms with van der Waals surface area (Å²) < 4.78 is 5.32. The Kier molecular flexibility index (Phi) is 9.85. The molecule has 2 nitrogen and oxygen atoms in total. The molecule has 17 heavy (non-hydrogen) atoms.